The van der Waals surface area contributed by atoms with Gasteiger partial charge in [-0.25, -0.2) is 4.79 Å². The molecule has 28 heavy (non-hydrogen) atoms. The Morgan fingerprint density at radius 1 is 1.11 bits per heavy atom. The van der Waals surface area contributed by atoms with Gasteiger partial charge in [0, 0.05) is 30.5 Å². The van der Waals surface area contributed by atoms with E-state index >= 15 is 0 Å². The van der Waals surface area contributed by atoms with E-state index in [9.17, 15) is 14.4 Å². The fourth-order valence-corrected chi connectivity index (χ4v) is 3.08. The number of nitrogens with one attached hydrogen (secondary N) is 2. The molecule has 0 saturated carbocycles. The number of hydrogen-bond donors (Lipinski definition) is 2. The molecule has 0 aliphatic heterocycles. The first kappa shape index (κ1) is 21.0. The lowest BCUT2D eigenvalue weighted by Crippen LogP contribution is -2.14. The van der Waals surface area contributed by atoms with Crippen LogP contribution in [-0.4, -0.2) is 29.0 Å². The summed E-state index contributed by atoms with van der Waals surface area (Å²) >= 11 is 0. The van der Waals surface area contributed by atoms with E-state index in [2.05, 4.69) is 17.2 Å². The molecule has 148 valence electrons. The van der Waals surface area contributed by atoms with Crippen LogP contribution in [0.1, 0.15) is 46.0 Å². The highest BCUT2D eigenvalue weighted by Gasteiger charge is 2.26. The van der Waals surface area contributed by atoms with Gasteiger partial charge in [-0.1, -0.05) is 6.08 Å². The smallest absolute Gasteiger partial charge is 0.355 e. The van der Waals surface area contributed by atoms with E-state index < -0.39 is 5.97 Å². The third-order valence-corrected chi connectivity index (χ3v) is 4.24. The molecular weight excluding hydrogens is 358 g/mol. The van der Waals surface area contributed by atoms with Crippen LogP contribution in [0.3, 0.4) is 0 Å². The van der Waals surface area contributed by atoms with Gasteiger partial charge in [0.2, 0.25) is 5.91 Å². The number of aromatic nitrogens is 1. The van der Waals surface area contributed by atoms with Crippen LogP contribution in [-0.2, 0) is 16.1 Å². The predicted molar refractivity (Wildman–Crippen MR) is 109 cm³/mol. The minimum Gasteiger partial charge on any atom is -0.461 e. The molecular formula is C21H25N3O4. The number of anilines is 2. The summed E-state index contributed by atoms with van der Waals surface area (Å²) < 4.78 is 6.88. The Kier molecular flexibility index (Phi) is 6.76. The maximum atomic E-state index is 12.9. The normalized spacial score (nSPS) is 10.3. The van der Waals surface area contributed by atoms with Crippen molar-refractivity contribution in [2.75, 3.05) is 17.2 Å². The van der Waals surface area contributed by atoms with Crippen LogP contribution in [0.5, 0.6) is 0 Å². The zero-order valence-corrected chi connectivity index (χ0v) is 16.6. The average Bonchev–Trinajstić information content (AvgIpc) is 2.87. The molecule has 0 bridgehead atoms. The topological polar surface area (TPSA) is 89.4 Å². The van der Waals surface area contributed by atoms with Gasteiger partial charge in [0.1, 0.15) is 5.69 Å². The van der Waals surface area contributed by atoms with Crippen LogP contribution in [0, 0.1) is 13.8 Å². The van der Waals surface area contributed by atoms with E-state index in [0.29, 0.717) is 40.4 Å². The maximum absolute atomic E-state index is 12.9. The van der Waals surface area contributed by atoms with Gasteiger partial charge in [0.25, 0.3) is 5.91 Å². The second-order valence-corrected chi connectivity index (χ2v) is 6.27. The lowest BCUT2D eigenvalue weighted by Gasteiger charge is -2.09. The van der Waals surface area contributed by atoms with Crippen molar-refractivity contribution in [3.63, 3.8) is 0 Å². The molecule has 1 aromatic carbocycles. The summed E-state index contributed by atoms with van der Waals surface area (Å²) in [6, 6.07) is 6.79. The summed E-state index contributed by atoms with van der Waals surface area (Å²) in [5, 5.41) is 5.50. The molecule has 1 heterocycles. The Hall–Kier alpha value is -3.35. The Morgan fingerprint density at radius 3 is 2.18 bits per heavy atom. The number of allylic oxidation sites excluding steroid dienone is 1. The van der Waals surface area contributed by atoms with Crippen molar-refractivity contribution in [2.45, 2.75) is 34.2 Å². The van der Waals surface area contributed by atoms with E-state index in [-0.39, 0.29) is 18.4 Å². The summed E-state index contributed by atoms with van der Waals surface area (Å²) in [5.41, 5.74) is 3.21. The highest BCUT2D eigenvalue weighted by Crippen LogP contribution is 2.25. The number of rotatable bonds is 7. The largest absolute Gasteiger partial charge is 0.461 e. The van der Waals surface area contributed by atoms with Gasteiger partial charge < -0.3 is 19.9 Å². The van der Waals surface area contributed by atoms with Gasteiger partial charge >= 0.3 is 5.97 Å². The fraction of sp³-hybridized carbons (Fsp3) is 0.286. The van der Waals surface area contributed by atoms with Crippen molar-refractivity contribution in [3.8, 4) is 0 Å². The third-order valence-electron chi connectivity index (χ3n) is 4.24. The first-order valence-corrected chi connectivity index (χ1v) is 8.96. The van der Waals surface area contributed by atoms with Crippen LogP contribution in [0.15, 0.2) is 36.9 Å². The number of carbonyl (C=O) groups is 3. The molecule has 7 heteroatoms. The molecule has 0 aliphatic carbocycles. The number of hydrogen-bond acceptors (Lipinski definition) is 4. The quantitative estimate of drug-likeness (QED) is 0.564. The lowest BCUT2D eigenvalue weighted by molar-refractivity contribution is -0.114. The van der Waals surface area contributed by atoms with Crippen LogP contribution in [0.2, 0.25) is 0 Å². The van der Waals surface area contributed by atoms with Crippen molar-refractivity contribution in [1.29, 1.82) is 0 Å². The van der Waals surface area contributed by atoms with Crippen LogP contribution < -0.4 is 10.6 Å². The lowest BCUT2D eigenvalue weighted by atomic mass is 10.1. The third kappa shape index (κ3) is 4.49. The first-order chi connectivity index (χ1) is 13.3. The monoisotopic (exact) mass is 383 g/mol. The minimum atomic E-state index is -0.469. The SMILES string of the molecule is C=CCn1c(C)c(C(=O)Nc2ccc(NC(C)=O)cc2)c(C)c1C(=O)OCC. The van der Waals surface area contributed by atoms with Gasteiger partial charge in [0.05, 0.1) is 12.2 Å². The van der Waals surface area contributed by atoms with Gasteiger partial charge in [0.15, 0.2) is 0 Å². The van der Waals surface area contributed by atoms with Crippen LogP contribution >= 0.6 is 0 Å². The number of amides is 2. The summed E-state index contributed by atoms with van der Waals surface area (Å²) in [6.07, 6.45) is 1.66. The van der Waals surface area contributed by atoms with E-state index in [1.54, 1.807) is 55.7 Å². The molecule has 0 spiro atoms. The Balaban J connectivity index is 2.34. The summed E-state index contributed by atoms with van der Waals surface area (Å²) in [6.45, 7) is 11.0. The Labute approximate surface area is 164 Å². The summed E-state index contributed by atoms with van der Waals surface area (Å²) in [4.78, 5) is 36.4. The number of ether oxygens (including phenoxy) is 1. The highest BCUT2D eigenvalue weighted by molar-refractivity contribution is 6.08. The fourth-order valence-electron chi connectivity index (χ4n) is 3.08. The van der Waals surface area contributed by atoms with E-state index in [1.807, 2.05) is 0 Å². The van der Waals surface area contributed by atoms with Crippen LogP contribution in [0.4, 0.5) is 11.4 Å². The van der Waals surface area contributed by atoms with Gasteiger partial charge in [-0.15, -0.1) is 6.58 Å². The van der Waals surface area contributed by atoms with Crippen molar-refractivity contribution in [2.24, 2.45) is 0 Å². The Bertz CT molecular complexity index is 911. The molecule has 0 aliphatic rings. The van der Waals surface area contributed by atoms with Crippen molar-refractivity contribution >= 4 is 29.2 Å². The summed E-state index contributed by atoms with van der Waals surface area (Å²) in [5.74, 6) is -0.961. The van der Waals surface area contributed by atoms with Gasteiger partial charge in [-0.05, 0) is 50.6 Å². The zero-order chi connectivity index (χ0) is 20.8. The number of benzene rings is 1. The average molecular weight is 383 g/mol. The molecule has 1 aromatic heterocycles. The second-order valence-electron chi connectivity index (χ2n) is 6.27. The van der Waals surface area contributed by atoms with Crippen molar-refractivity contribution in [3.05, 3.63) is 59.4 Å². The second kappa shape index (κ2) is 9.03. The maximum Gasteiger partial charge on any atom is 0.355 e. The number of esters is 1. The molecule has 2 aromatic rings. The molecule has 0 atom stereocenters. The molecule has 0 saturated heterocycles. The molecule has 0 unspecified atom stereocenters. The molecule has 2 rings (SSSR count). The van der Waals surface area contributed by atoms with Crippen molar-refractivity contribution in [1.82, 2.24) is 4.57 Å². The van der Waals surface area contributed by atoms with Crippen molar-refractivity contribution < 1.29 is 19.1 Å². The van der Waals surface area contributed by atoms with E-state index in [1.165, 1.54) is 6.92 Å². The highest BCUT2D eigenvalue weighted by atomic mass is 16.5. The van der Waals surface area contributed by atoms with E-state index in [0.717, 1.165) is 0 Å². The number of nitrogens with zero attached hydrogens (tertiary/aromatic N) is 1. The molecule has 2 amide bonds. The van der Waals surface area contributed by atoms with Gasteiger partial charge in [-0.2, -0.15) is 0 Å². The zero-order valence-electron chi connectivity index (χ0n) is 16.6. The molecule has 0 fully saturated rings. The number of carbonyl (C=O) groups excluding carboxylic acids is 3. The predicted octanol–water partition coefficient (Wildman–Crippen LogP) is 3.68. The van der Waals surface area contributed by atoms with Gasteiger partial charge in [-0.3, -0.25) is 9.59 Å². The molecule has 0 radical (unpaired) electrons. The van der Waals surface area contributed by atoms with E-state index in [4.69, 9.17) is 4.74 Å². The summed E-state index contributed by atoms with van der Waals surface area (Å²) in [7, 11) is 0. The Morgan fingerprint density at radius 2 is 1.68 bits per heavy atom. The molecule has 7 nitrogen and oxygen atoms in total. The molecule has 2 N–H and O–H groups in total. The first-order valence-electron chi connectivity index (χ1n) is 8.96. The standard InChI is InChI=1S/C21H25N3O4/c1-6-12-24-14(4)18(13(3)19(24)21(27)28-7-2)20(26)23-17-10-8-16(9-11-17)22-15(5)25/h6,8-11H,1,7,12H2,2-5H3,(H,22,25)(H,23,26). The minimum absolute atomic E-state index is 0.168. The van der Waals surface area contributed by atoms with Crippen LogP contribution in [0.25, 0.3) is 0 Å².